The third-order valence-corrected chi connectivity index (χ3v) is 5.30. The fraction of sp³-hybridized carbons (Fsp3) is 0.409. The number of nitrogens with zero attached hydrogens (tertiary/aromatic N) is 2. The summed E-state index contributed by atoms with van der Waals surface area (Å²) in [6, 6.07) is 13.9. The molecule has 1 saturated heterocycles. The minimum atomic E-state index is -0.299. The minimum Gasteiger partial charge on any atom is -0.391 e. The fourth-order valence-electron chi connectivity index (χ4n) is 3.52. The number of aryl methyl sites for hydroxylation is 2. The zero-order valence-corrected chi connectivity index (χ0v) is 16.1. The molecule has 2 N–H and O–H groups in total. The number of hydrogen-bond acceptors (Lipinski definition) is 4. The first-order valence-corrected chi connectivity index (χ1v) is 9.50. The Hall–Kier alpha value is -2.37. The van der Waals surface area contributed by atoms with Gasteiger partial charge < -0.3 is 10.0 Å². The lowest BCUT2D eigenvalue weighted by atomic mass is 10.0. The van der Waals surface area contributed by atoms with Crippen LogP contribution in [0.1, 0.15) is 28.7 Å². The van der Waals surface area contributed by atoms with Crippen LogP contribution in [0.2, 0.25) is 0 Å². The number of hydroxylamine groups is 2. The van der Waals surface area contributed by atoms with E-state index in [0.29, 0.717) is 13.0 Å². The van der Waals surface area contributed by atoms with Gasteiger partial charge in [0.05, 0.1) is 19.1 Å². The highest BCUT2D eigenvalue weighted by molar-refractivity contribution is 5.77. The van der Waals surface area contributed by atoms with Crippen molar-refractivity contribution in [2.45, 2.75) is 39.2 Å². The van der Waals surface area contributed by atoms with E-state index in [1.165, 1.54) is 5.56 Å². The van der Waals surface area contributed by atoms with E-state index >= 15 is 0 Å². The zero-order chi connectivity index (χ0) is 19.4. The van der Waals surface area contributed by atoms with E-state index in [-0.39, 0.29) is 25.0 Å². The van der Waals surface area contributed by atoms with Crippen molar-refractivity contribution in [1.29, 1.82) is 0 Å². The molecule has 0 aromatic heterocycles. The maximum atomic E-state index is 12.3. The number of benzene rings is 2. The third-order valence-electron chi connectivity index (χ3n) is 5.30. The molecule has 5 nitrogen and oxygen atoms in total. The molecule has 2 aromatic carbocycles. The van der Waals surface area contributed by atoms with Gasteiger partial charge in [-0.2, -0.15) is 0 Å². The molecule has 27 heavy (non-hydrogen) atoms. The monoisotopic (exact) mass is 368 g/mol. The van der Waals surface area contributed by atoms with Crippen LogP contribution in [0.4, 0.5) is 5.69 Å². The summed E-state index contributed by atoms with van der Waals surface area (Å²) >= 11 is 0. The molecular formula is C22H28N2O3. The molecule has 3 rings (SSSR count). The average molecular weight is 368 g/mol. The Morgan fingerprint density at radius 1 is 1.19 bits per heavy atom. The van der Waals surface area contributed by atoms with Gasteiger partial charge >= 0.3 is 0 Å². The Kier molecular flexibility index (Phi) is 6.14. The van der Waals surface area contributed by atoms with Crippen molar-refractivity contribution in [1.82, 2.24) is 5.06 Å². The van der Waals surface area contributed by atoms with Gasteiger partial charge in [0.25, 0.3) is 0 Å². The molecule has 1 aliphatic heterocycles. The average Bonchev–Trinajstić information content (AvgIpc) is 3.09. The number of aliphatic hydroxyl groups excluding tert-OH is 1. The van der Waals surface area contributed by atoms with Gasteiger partial charge in [0, 0.05) is 18.8 Å². The lowest BCUT2D eigenvalue weighted by Crippen LogP contribution is -2.31. The van der Waals surface area contributed by atoms with Crippen LogP contribution in [0.15, 0.2) is 42.5 Å². The quantitative estimate of drug-likeness (QED) is 0.608. The van der Waals surface area contributed by atoms with Gasteiger partial charge in [0.15, 0.2) is 0 Å². The largest absolute Gasteiger partial charge is 0.391 e. The SMILES string of the molecule is Cc1ccc(CC(=O)N(O)CCc2ccccc2N2CC[C@H](O)C2)cc1C. The van der Waals surface area contributed by atoms with Crippen LogP contribution in [0, 0.1) is 13.8 Å². The van der Waals surface area contributed by atoms with E-state index in [0.717, 1.165) is 40.4 Å². The Labute approximate surface area is 160 Å². The summed E-state index contributed by atoms with van der Waals surface area (Å²) in [7, 11) is 0. The van der Waals surface area contributed by atoms with Gasteiger partial charge in [-0.15, -0.1) is 0 Å². The van der Waals surface area contributed by atoms with Gasteiger partial charge in [0.1, 0.15) is 0 Å². The number of carbonyl (C=O) groups excluding carboxylic acids is 1. The van der Waals surface area contributed by atoms with Gasteiger partial charge in [-0.1, -0.05) is 36.4 Å². The van der Waals surface area contributed by atoms with Crippen LogP contribution in [-0.4, -0.2) is 47.0 Å². The normalized spacial score (nSPS) is 16.6. The molecule has 1 fully saturated rings. The molecule has 0 saturated carbocycles. The lowest BCUT2D eigenvalue weighted by Gasteiger charge is -2.22. The highest BCUT2D eigenvalue weighted by Crippen LogP contribution is 2.25. The Morgan fingerprint density at radius 2 is 1.96 bits per heavy atom. The Balaban J connectivity index is 1.59. The maximum Gasteiger partial charge on any atom is 0.250 e. The third kappa shape index (κ3) is 4.87. The molecule has 5 heteroatoms. The number of rotatable bonds is 6. The Morgan fingerprint density at radius 3 is 2.67 bits per heavy atom. The van der Waals surface area contributed by atoms with Crippen LogP contribution in [0.5, 0.6) is 0 Å². The fourth-order valence-corrected chi connectivity index (χ4v) is 3.52. The molecule has 1 aliphatic rings. The molecule has 0 unspecified atom stereocenters. The van der Waals surface area contributed by atoms with E-state index < -0.39 is 0 Å². The van der Waals surface area contributed by atoms with E-state index in [9.17, 15) is 15.1 Å². The summed E-state index contributed by atoms with van der Waals surface area (Å²) in [5, 5.41) is 20.8. The molecule has 144 valence electrons. The topological polar surface area (TPSA) is 64.0 Å². The smallest absolute Gasteiger partial charge is 0.250 e. The molecule has 0 radical (unpaired) electrons. The van der Waals surface area contributed by atoms with E-state index in [2.05, 4.69) is 4.90 Å². The summed E-state index contributed by atoms with van der Waals surface area (Å²) < 4.78 is 0. The van der Waals surface area contributed by atoms with Crippen molar-refractivity contribution in [2.24, 2.45) is 0 Å². The first-order valence-electron chi connectivity index (χ1n) is 9.50. The summed E-state index contributed by atoms with van der Waals surface area (Å²) in [6.45, 7) is 5.76. The standard InChI is InChI=1S/C22H28N2O3/c1-16-7-8-18(13-17(16)2)14-22(26)24(27)12-9-19-5-3-4-6-21(19)23-11-10-20(25)15-23/h3-8,13,20,25,27H,9-12,14-15H2,1-2H3/t20-/m0/s1. The zero-order valence-electron chi connectivity index (χ0n) is 16.1. The van der Waals surface area contributed by atoms with Crippen LogP contribution >= 0.6 is 0 Å². The minimum absolute atomic E-state index is 0.192. The number of anilines is 1. The molecule has 2 aromatic rings. The second-order valence-electron chi connectivity index (χ2n) is 7.38. The highest BCUT2D eigenvalue weighted by Gasteiger charge is 2.22. The summed E-state index contributed by atoms with van der Waals surface area (Å²) in [5.74, 6) is -0.299. The van der Waals surface area contributed by atoms with Crippen molar-refractivity contribution in [3.05, 3.63) is 64.7 Å². The Bertz CT molecular complexity index is 806. The van der Waals surface area contributed by atoms with Crippen LogP contribution < -0.4 is 4.90 Å². The van der Waals surface area contributed by atoms with Crippen molar-refractivity contribution < 1.29 is 15.1 Å². The van der Waals surface area contributed by atoms with Crippen LogP contribution in [0.25, 0.3) is 0 Å². The molecule has 0 aliphatic carbocycles. The summed E-state index contributed by atoms with van der Waals surface area (Å²) in [5.41, 5.74) is 5.39. The van der Waals surface area contributed by atoms with E-state index in [1.54, 1.807) is 0 Å². The van der Waals surface area contributed by atoms with Gasteiger partial charge in [-0.25, -0.2) is 5.06 Å². The molecular weight excluding hydrogens is 340 g/mol. The van der Waals surface area contributed by atoms with Crippen molar-refractivity contribution >= 4 is 11.6 Å². The molecule has 0 spiro atoms. The number of amides is 1. The first-order chi connectivity index (χ1) is 12.9. The summed E-state index contributed by atoms with van der Waals surface area (Å²) in [6.07, 6.45) is 1.25. The molecule has 1 atom stereocenters. The van der Waals surface area contributed by atoms with Gasteiger partial charge in [-0.3, -0.25) is 10.0 Å². The molecule has 1 heterocycles. The first kappa shape index (κ1) is 19.4. The van der Waals surface area contributed by atoms with Gasteiger partial charge in [0.2, 0.25) is 5.91 Å². The van der Waals surface area contributed by atoms with Crippen molar-refractivity contribution in [3.63, 3.8) is 0 Å². The van der Waals surface area contributed by atoms with Gasteiger partial charge in [-0.05, 0) is 55.0 Å². The summed E-state index contributed by atoms with van der Waals surface area (Å²) in [4.78, 5) is 14.5. The lowest BCUT2D eigenvalue weighted by molar-refractivity contribution is -0.164. The molecule has 0 bridgehead atoms. The second-order valence-corrected chi connectivity index (χ2v) is 7.38. The van der Waals surface area contributed by atoms with Crippen LogP contribution in [-0.2, 0) is 17.6 Å². The number of para-hydroxylation sites is 1. The predicted octanol–water partition coefficient (Wildman–Crippen LogP) is 2.88. The maximum absolute atomic E-state index is 12.3. The predicted molar refractivity (Wildman–Crippen MR) is 106 cm³/mol. The molecule has 1 amide bonds. The second kappa shape index (κ2) is 8.55. The van der Waals surface area contributed by atoms with E-state index in [4.69, 9.17) is 0 Å². The highest BCUT2D eigenvalue weighted by atomic mass is 16.5. The number of carbonyl (C=O) groups is 1. The number of hydrogen-bond donors (Lipinski definition) is 2. The van der Waals surface area contributed by atoms with E-state index in [1.807, 2.05) is 56.3 Å². The van der Waals surface area contributed by atoms with Crippen molar-refractivity contribution in [3.8, 4) is 0 Å². The van der Waals surface area contributed by atoms with Crippen LogP contribution in [0.3, 0.4) is 0 Å². The number of aliphatic hydroxyl groups is 1. The number of β-amino-alcohol motifs (C(OH)–C–C–N with tert-alkyl or cyclic N) is 1. The van der Waals surface area contributed by atoms with Crippen molar-refractivity contribution in [2.75, 3.05) is 24.5 Å².